The van der Waals surface area contributed by atoms with Gasteiger partial charge < -0.3 is 5.32 Å². The third-order valence-corrected chi connectivity index (χ3v) is 4.46. The van der Waals surface area contributed by atoms with Crippen LogP contribution in [-0.2, 0) is 11.3 Å². The zero-order valence-corrected chi connectivity index (χ0v) is 15.9. The van der Waals surface area contributed by atoms with Crippen molar-refractivity contribution in [1.82, 2.24) is 14.7 Å². The summed E-state index contributed by atoms with van der Waals surface area (Å²) in [7, 11) is 1.82. The largest absolute Gasteiger partial charge is 0.325 e. The minimum absolute atomic E-state index is 0.142. The van der Waals surface area contributed by atoms with Crippen molar-refractivity contribution in [2.75, 3.05) is 18.9 Å². The van der Waals surface area contributed by atoms with Crippen molar-refractivity contribution >= 4 is 23.2 Å². The van der Waals surface area contributed by atoms with E-state index in [1.165, 1.54) is 12.1 Å². The first-order valence-electron chi connectivity index (χ1n) is 8.47. The molecule has 0 bridgehead atoms. The van der Waals surface area contributed by atoms with Crippen LogP contribution < -0.4 is 5.32 Å². The van der Waals surface area contributed by atoms with E-state index in [9.17, 15) is 9.18 Å². The number of carbonyl (C=O) groups excluding carboxylic acids is 1. The van der Waals surface area contributed by atoms with Gasteiger partial charge in [-0.1, -0.05) is 35.9 Å². The molecule has 5 nitrogen and oxygen atoms in total. The van der Waals surface area contributed by atoms with Gasteiger partial charge in [0.05, 0.1) is 17.9 Å². The molecule has 1 N–H and O–H groups in total. The fourth-order valence-corrected chi connectivity index (χ4v) is 3.12. The molecule has 0 fully saturated rings. The lowest BCUT2D eigenvalue weighted by Gasteiger charge is -2.16. The maximum absolute atomic E-state index is 13.2. The maximum Gasteiger partial charge on any atom is 0.238 e. The van der Waals surface area contributed by atoms with Crippen LogP contribution in [0.15, 0.2) is 54.6 Å². The van der Waals surface area contributed by atoms with Gasteiger partial charge in [0.1, 0.15) is 11.0 Å². The van der Waals surface area contributed by atoms with Crippen LogP contribution in [0.1, 0.15) is 11.3 Å². The number of halogens is 2. The fourth-order valence-electron chi connectivity index (χ4n) is 2.79. The van der Waals surface area contributed by atoms with Gasteiger partial charge in [-0.15, -0.1) is 0 Å². The lowest BCUT2D eigenvalue weighted by atomic mass is 10.2. The number of hydrogen-bond donors (Lipinski definition) is 1. The summed E-state index contributed by atoms with van der Waals surface area (Å²) in [6.45, 7) is 2.50. The van der Waals surface area contributed by atoms with Crippen molar-refractivity contribution in [3.63, 3.8) is 0 Å². The lowest BCUT2D eigenvalue weighted by Crippen LogP contribution is -2.30. The number of para-hydroxylation sites is 1. The Kier molecular flexibility index (Phi) is 5.88. The topological polar surface area (TPSA) is 50.2 Å². The number of anilines is 1. The summed E-state index contributed by atoms with van der Waals surface area (Å²) in [6, 6.07) is 15.4. The molecule has 0 spiro atoms. The van der Waals surface area contributed by atoms with Crippen LogP contribution in [0.5, 0.6) is 0 Å². The molecule has 1 heterocycles. The molecule has 1 amide bonds. The summed E-state index contributed by atoms with van der Waals surface area (Å²) in [5.41, 5.74) is 2.98. The van der Waals surface area contributed by atoms with E-state index in [0.717, 1.165) is 16.9 Å². The first-order valence-corrected chi connectivity index (χ1v) is 8.85. The van der Waals surface area contributed by atoms with E-state index in [-0.39, 0.29) is 12.5 Å². The summed E-state index contributed by atoms with van der Waals surface area (Å²) < 4.78 is 14.9. The number of rotatable bonds is 6. The number of benzene rings is 2. The summed E-state index contributed by atoms with van der Waals surface area (Å²) >= 11 is 6.52. The highest BCUT2D eigenvalue weighted by Crippen LogP contribution is 2.24. The first kappa shape index (κ1) is 19.1. The van der Waals surface area contributed by atoms with E-state index in [0.29, 0.717) is 17.4 Å². The molecule has 0 aliphatic rings. The highest BCUT2D eigenvalue weighted by atomic mass is 35.5. The third-order valence-electron chi connectivity index (χ3n) is 4.07. The summed E-state index contributed by atoms with van der Waals surface area (Å²) in [5, 5.41) is 7.72. The molecule has 0 unspecified atom stereocenters. The number of amides is 1. The van der Waals surface area contributed by atoms with E-state index in [1.54, 1.807) is 16.8 Å². The highest BCUT2D eigenvalue weighted by Gasteiger charge is 2.17. The van der Waals surface area contributed by atoms with Crippen LogP contribution in [0.4, 0.5) is 10.1 Å². The van der Waals surface area contributed by atoms with Crippen molar-refractivity contribution in [2.45, 2.75) is 13.5 Å². The van der Waals surface area contributed by atoms with E-state index in [2.05, 4.69) is 10.4 Å². The molecule has 27 heavy (non-hydrogen) atoms. The molecular weight excluding hydrogens is 367 g/mol. The second-order valence-corrected chi connectivity index (χ2v) is 6.69. The summed E-state index contributed by atoms with van der Waals surface area (Å²) in [6.07, 6.45) is 0. The van der Waals surface area contributed by atoms with Gasteiger partial charge in [-0.2, -0.15) is 5.10 Å². The second-order valence-electron chi connectivity index (χ2n) is 6.33. The Bertz CT molecular complexity index is 942. The lowest BCUT2D eigenvalue weighted by molar-refractivity contribution is -0.117. The molecular formula is C20H20ClFN4O. The molecule has 0 aliphatic carbocycles. The van der Waals surface area contributed by atoms with E-state index in [4.69, 9.17) is 11.6 Å². The Balaban J connectivity index is 1.66. The van der Waals surface area contributed by atoms with Crippen LogP contribution in [0.25, 0.3) is 5.69 Å². The molecule has 140 valence electrons. The monoisotopic (exact) mass is 386 g/mol. The molecule has 0 saturated carbocycles. The predicted molar refractivity (Wildman–Crippen MR) is 105 cm³/mol. The number of aryl methyl sites for hydroxylation is 1. The number of likely N-dealkylation sites (N-methyl/N-ethyl adjacent to an activating group) is 1. The zero-order chi connectivity index (χ0) is 19.4. The van der Waals surface area contributed by atoms with Gasteiger partial charge in [0, 0.05) is 17.8 Å². The van der Waals surface area contributed by atoms with Gasteiger partial charge in [0.2, 0.25) is 5.91 Å². The Morgan fingerprint density at radius 3 is 2.67 bits per heavy atom. The normalized spacial score (nSPS) is 11.0. The molecule has 2 aromatic carbocycles. The van der Waals surface area contributed by atoms with Crippen LogP contribution >= 0.6 is 11.6 Å². The quantitative estimate of drug-likeness (QED) is 0.695. The molecule has 1 aromatic heterocycles. The van der Waals surface area contributed by atoms with E-state index >= 15 is 0 Å². The van der Waals surface area contributed by atoms with Gasteiger partial charge in [-0.05, 0) is 44.3 Å². The minimum atomic E-state index is -0.392. The average Bonchev–Trinajstić information content (AvgIpc) is 2.90. The van der Waals surface area contributed by atoms with Crippen molar-refractivity contribution < 1.29 is 9.18 Å². The van der Waals surface area contributed by atoms with Gasteiger partial charge in [0.25, 0.3) is 0 Å². The molecule has 3 aromatic rings. The van der Waals surface area contributed by atoms with Gasteiger partial charge in [-0.3, -0.25) is 9.69 Å². The fraction of sp³-hybridized carbons (Fsp3) is 0.200. The molecule has 0 atom stereocenters. The SMILES string of the molecule is Cc1nn(-c2ccccc2)c(Cl)c1CN(C)CC(=O)Nc1cccc(F)c1. The molecule has 0 saturated heterocycles. The van der Waals surface area contributed by atoms with Crippen LogP contribution in [0.2, 0.25) is 5.15 Å². The Labute approximate surface area is 162 Å². The van der Waals surface area contributed by atoms with Crippen LogP contribution in [-0.4, -0.2) is 34.2 Å². The smallest absolute Gasteiger partial charge is 0.238 e. The van der Waals surface area contributed by atoms with E-state index in [1.807, 2.05) is 49.2 Å². The van der Waals surface area contributed by atoms with E-state index < -0.39 is 5.82 Å². The zero-order valence-electron chi connectivity index (χ0n) is 15.1. The second kappa shape index (κ2) is 8.33. The number of carbonyl (C=O) groups is 1. The molecule has 3 rings (SSSR count). The first-order chi connectivity index (χ1) is 12.9. The number of nitrogens with zero attached hydrogens (tertiary/aromatic N) is 3. The average molecular weight is 387 g/mol. The van der Waals surface area contributed by atoms with Gasteiger partial charge in [0.15, 0.2) is 0 Å². The predicted octanol–water partition coefficient (Wildman–Crippen LogP) is 4.04. The Morgan fingerprint density at radius 2 is 1.96 bits per heavy atom. The number of aromatic nitrogens is 2. The Hall–Kier alpha value is -2.70. The summed E-state index contributed by atoms with van der Waals surface area (Å²) in [4.78, 5) is 14.0. The summed E-state index contributed by atoms with van der Waals surface area (Å²) in [5.74, 6) is -0.621. The number of nitrogens with one attached hydrogen (secondary N) is 1. The standard InChI is InChI=1S/C20H20ClFN4O/c1-14-18(20(21)26(24-14)17-9-4-3-5-10-17)12-25(2)13-19(27)23-16-8-6-7-15(22)11-16/h3-11H,12-13H2,1-2H3,(H,23,27). The highest BCUT2D eigenvalue weighted by molar-refractivity contribution is 6.30. The number of hydrogen-bond acceptors (Lipinski definition) is 3. The van der Waals surface area contributed by atoms with Crippen molar-refractivity contribution in [2.24, 2.45) is 0 Å². The van der Waals surface area contributed by atoms with Crippen LogP contribution in [0, 0.1) is 12.7 Å². The third kappa shape index (κ3) is 4.72. The van der Waals surface area contributed by atoms with Crippen molar-refractivity contribution in [3.8, 4) is 5.69 Å². The van der Waals surface area contributed by atoms with Crippen molar-refractivity contribution in [1.29, 1.82) is 0 Å². The Morgan fingerprint density at radius 1 is 1.22 bits per heavy atom. The van der Waals surface area contributed by atoms with Crippen molar-refractivity contribution in [3.05, 3.63) is 76.8 Å². The molecule has 0 aliphatic heterocycles. The minimum Gasteiger partial charge on any atom is -0.325 e. The van der Waals surface area contributed by atoms with Gasteiger partial charge >= 0.3 is 0 Å². The molecule has 0 radical (unpaired) electrons. The maximum atomic E-state index is 13.2. The molecule has 7 heteroatoms. The van der Waals surface area contributed by atoms with Crippen LogP contribution in [0.3, 0.4) is 0 Å². The van der Waals surface area contributed by atoms with Gasteiger partial charge in [-0.25, -0.2) is 9.07 Å².